The van der Waals surface area contributed by atoms with Crippen LogP contribution in [0, 0.1) is 0 Å². The van der Waals surface area contributed by atoms with E-state index < -0.39 is 5.97 Å². The number of nitrogens with zero attached hydrogens (tertiary/aromatic N) is 2. The third kappa shape index (κ3) is 2.42. The Kier molecular flexibility index (Phi) is 3.25. The molecule has 5 heteroatoms. The van der Waals surface area contributed by atoms with Crippen molar-refractivity contribution in [3.8, 4) is 0 Å². The number of amides is 1. The molecule has 1 saturated heterocycles. The van der Waals surface area contributed by atoms with Crippen molar-refractivity contribution in [3.05, 3.63) is 0 Å². The SMILES string of the molecule is CCCN1CCC(=O)N1CC(=O)O. The normalized spacial score (nSPS) is 18.2. The van der Waals surface area contributed by atoms with Gasteiger partial charge in [0.25, 0.3) is 0 Å². The van der Waals surface area contributed by atoms with Gasteiger partial charge in [-0.15, -0.1) is 0 Å². The summed E-state index contributed by atoms with van der Waals surface area (Å²) in [5, 5.41) is 11.7. The number of aliphatic carboxylic acids is 1. The van der Waals surface area contributed by atoms with Crippen molar-refractivity contribution in [1.29, 1.82) is 0 Å². The fourth-order valence-corrected chi connectivity index (χ4v) is 1.44. The number of carboxylic acid groups (broad SMARTS) is 1. The highest BCUT2D eigenvalue weighted by molar-refractivity contribution is 5.82. The van der Waals surface area contributed by atoms with Gasteiger partial charge in [0.1, 0.15) is 6.54 Å². The second-order valence-electron chi connectivity index (χ2n) is 3.05. The number of carbonyl (C=O) groups is 2. The Morgan fingerprint density at radius 2 is 2.31 bits per heavy atom. The molecule has 5 nitrogen and oxygen atoms in total. The predicted molar refractivity (Wildman–Crippen MR) is 45.8 cm³/mol. The largest absolute Gasteiger partial charge is 0.480 e. The maximum Gasteiger partial charge on any atom is 0.324 e. The lowest BCUT2D eigenvalue weighted by atomic mass is 10.4. The molecule has 74 valence electrons. The quantitative estimate of drug-likeness (QED) is 0.667. The summed E-state index contributed by atoms with van der Waals surface area (Å²) in [7, 11) is 0. The number of carbonyl (C=O) groups excluding carboxylic acids is 1. The smallest absolute Gasteiger partial charge is 0.324 e. The van der Waals surface area contributed by atoms with E-state index in [0.29, 0.717) is 13.0 Å². The van der Waals surface area contributed by atoms with Gasteiger partial charge in [-0.2, -0.15) is 0 Å². The molecule has 13 heavy (non-hydrogen) atoms. The molecule has 1 heterocycles. The van der Waals surface area contributed by atoms with Gasteiger partial charge >= 0.3 is 5.97 Å². The summed E-state index contributed by atoms with van der Waals surface area (Å²) in [4.78, 5) is 21.6. The van der Waals surface area contributed by atoms with Gasteiger partial charge in [-0.05, 0) is 6.42 Å². The third-order valence-electron chi connectivity index (χ3n) is 1.98. The second kappa shape index (κ2) is 4.23. The van der Waals surface area contributed by atoms with E-state index in [1.165, 1.54) is 5.01 Å². The molecule has 0 aromatic heterocycles. The van der Waals surface area contributed by atoms with E-state index in [2.05, 4.69) is 0 Å². The summed E-state index contributed by atoms with van der Waals surface area (Å²) < 4.78 is 0. The molecule has 1 rings (SSSR count). The number of carboxylic acids is 1. The highest BCUT2D eigenvalue weighted by atomic mass is 16.4. The molecule has 0 aliphatic carbocycles. The second-order valence-corrected chi connectivity index (χ2v) is 3.05. The molecule has 0 aromatic carbocycles. The van der Waals surface area contributed by atoms with E-state index in [9.17, 15) is 9.59 Å². The van der Waals surface area contributed by atoms with E-state index in [-0.39, 0.29) is 12.5 Å². The van der Waals surface area contributed by atoms with E-state index in [0.717, 1.165) is 13.0 Å². The lowest BCUT2D eigenvalue weighted by molar-refractivity contribution is -0.151. The first-order valence-corrected chi connectivity index (χ1v) is 4.42. The Morgan fingerprint density at radius 1 is 1.62 bits per heavy atom. The summed E-state index contributed by atoms with van der Waals surface area (Å²) in [5.41, 5.74) is 0. The van der Waals surface area contributed by atoms with Crippen LogP contribution in [0.4, 0.5) is 0 Å². The minimum Gasteiger partial charge on any atom is -0.480 e. The number of hydrogen-bond donors (Lipinski definition) is 1. The molecule has 1 fully saturated rings. The van der Waals surface area contributed by atoms with Gasteiger partial charge in [-0.1, -0.05) is 6.92 Å². The summed E-state index contributed by atoms with van der Waals surface area (Å²) in [5.74, 6) is -1.05. The van der Waals surface area contributed by atoms with Crippen LogP contribution >= 0.6 is 0 Å². The first-order chi connectivity index (χ1) is 6.15. The van der Waals surface area contributed by atoms with Gasteiger partial charge in [0.05, 0.1) is 0 Å². The molecule has 1 aliphatic rings. The minimum absolute atomic E-state index is 0.0872. The Morgan fingerprint density at radius 3 is 2.85 bits per heavy atom. The van der Waals surface area contributed by atoms with Crippen LogP contribution in [0.25, 0.3) is 0 Å². The maximum absolute atomic E-state index is 11.2. The fraction of sp³-hybridized carbons (Fsp3) is 0.750. The average molecular weight is 186 g/mol. The van der Waals surface area contributed by atoms with Crippen LogP contribution in [0.2, 0.25) is 0 Å². The summed E-state index contributed by atoms with van der Waals surface area (Å²) in [6.07, 6.45) is 1.36. The first-order valence-electron chi connectivity index (χ1n) is 4.42. The van der Waals surface area contributed by atoms with Crippen molar-refractivity contribution >= 4 is 11.9 Å². The van der Waals surface area contributed by atoms with Crippen molar-refractivity contribution in [3.63, 3.8) is 0 Å². The highest BCUT2D eigenvalue weighted by Crippen LogP contribution is 2.11. The van der Waals surface area contributed by atoms with Crippen molar-refractivity contribution in [2.45, 2.75) is 19.8 Å². The summed E-state index contributed by atoms with van der Waals surface area (Å²) in [6.45, 7) is 3.19. The standard InChI is InChI=1S/C8H14N2O3/c1-2-4-9-5-3-7(11)10(9)6-8(12)13/h2-6H2,1H3,(H,12,13). The van der Waals surface area contributed by atoms with Crippen LogP contribution in [0.5, 0.6) is 0 Å². The average Bonchev–Trinajstić information content (AvgIpc) is 2.36. The fourth-order valence-electron chi connectivity index (χ4n) is 1.44. The zero-order valence-electron chi connectivity index (χ0n) is 7.69. The van der Waals surface area contributed by atoms with Gasteiger partial charge < -0.3 is 5.11 Å². The van der Waals surface area contributed by atoms with Crippen LogP contribution in [0.3, 0.4) is 0 Å². The Bertz CT molecular complexity index is 217. The van der Waals surface area contributed by atoms with Gasteiger partial charge in [0.2, 0.25) is 5.91 Å². The van der Waals surface area contributed by atoms with Crippen LogP contribution in [-0.4, -0.2) is 46.6 Å². The molecule has 0 aromatic rings. The molecule has 0 bridgehead atoms. The predicted octanol–water partition coefficient (Wildman–Crippen LogP) is -0.0697. The molecule has 1 aliphatic heterocycles. The zero-order valence-corrected chi connectivity index (χ0v) is 7.69. The van der Waals surface area contributed by atoms with Crippen molar-refractivity contribution in [1.82, 2.24) is 10.0 Å². The number of hydrogen-bond acceptors (Lipinski definition) is 3. The highest BCUT2D eigenvalue weighted by Gasteiger charge is 2.29. The first kappa shape index (κ1) is 9.98. The Balaban J connectivity index is 2.54. The van der Waals surface area contributed by atoms with E-state index >= 15 is 0 Å². The van der Waals surface area contributed by atoms with Gasteiger partial charge in [0, 0.05) is 19.5 Å². The minimum atomic E-state index is -0.962. The molecule has 1 amide bonds. The topological polar surface area (TPSA) is 60.9 Å². The molecular formula is C8H14N2O3. The Labute approximate surface area is 76.9 Å². The molecule has 1 N–H and O–H groups in total. The maximum atomic E-state index is 11.2. The van der Waals surface area contributed by atoms with Crippen LogP contribution in [0.1, 0.15) is 19.8 Å². The summed E-state index contributed by atoms with van der Waals surface area (Å²) >= 11 is 0. The van der Waals surface area contributed by atoms with Crippen molar-refractivity contribution in [2.75, 3.05) is 19.6 Å². The van der Waals surface area contributed by atoms with Crippen LogP contribution < -0.4 is 0 Å². The monoisotopic (exact) mass is 186 g/mol. The third-order valence-corrected chi connectivity index (χ3v) is 1.98. The van der Waals surface area contributed by atoms with Gasteiger partial charge in [-0.25, -0.2) is 5.01 Å². The number of hydrazine groups is 1. The zero-order chi connectivity index (χ0) is 9.84. The molecule has 0 unspecified atom stereocenters. The van der Waals surface area contributed by atoms with E-state index in [1.54, 1.807) is 5.01 Å². The molecular weight excluding hydrogens is 172 g/mol. The lowest BCUT2D eigenvalue weighted by Crippen LogP contribution is -2.42. The van der Waals surface area contributed by atoms with Gasteiger partial charge in [-0.3, -0.25) is 14.6 Å². The lowest BCUT2D eigenvalue weighted by Gasteiger charge is -2.25. The van der Waals surface area contributed by atoms with Gasteiger partial charge in [0.15, 0.2) is 0 Å². The van der Waals surface area contributed by atoms with Crippen molar-refractivity contribution < 1.29 is 14.7 Å². The molecule has 0 saturated carbocycles. The van der Waals surface area contributed by atoms with E-state index in [1.807, 2.05) is 6.92 Å². The molecule has 0 radical (unpaired) electrons. The van der Waals surface area contributed by atoms with E-state index in [4.69, 9.17) is 5.11 Å². The van der Waals surface area contributed by atoms with Crippen LogP contribution in [-0.2, 0) is 9.59 Å². The summed E-state index contributed by atoms with van der Waals surface area (Å²) in [6, 6.07) is 0. The molecule has 0 atom stereocenters. The Hall–Kier alpha value is -1.10. The number of rotatable bonds is 4. The van der Waals surface area contributed by atoms with Crippen molar-refractivity contribution in [2.24, 2.45) is 0 Å². The molecule has 0 spiro atoms. The van der Waals surface area contributed by atoms with Crippen LogP contribution in [0.15, 0.2) is 0 Å².